The Kier molecular flexibility index (Phi) is 2.74. The van der Waals surface area contributed by atoms with E-state index in [0.29, 0.717) is 11.7 Å². The lowest BCUT2D eigenvalue weighted by Gasteiger charge is -2.08. The quantitative estimate of drug-likeness (QED) is 0.750. The molecule has 3 heteroatoms. The van der Waals surface area contributed by atoms with E-state index < -0.39 is 0 Å². The summed E-state index contributed by atoms with van der Waals surface area (Å²) in [5.74, 6) is 0.650. The predicted octanol–water partition coefficient (Wildman–Crippen LogP) is 2.12. The van der Waals surface area contributed by atoms with Crippen molar-refractivity contribution in [2.24, 2.45) is 0 Å². The van der Waals surface area contributed by atoms with Crippen molar-refractivity contribution in [1.82, 2.24) is 9.78 Å². The first-order chi connectivity index (χ1) is 5.66. The van der Waals surface area contributed by atoms with Crippen LogP contribution >= 0.6 is 0 Å². The highest BCUT2D eigenvalue weighted by molar-refractivity contribution is 5.25. The molecular formula is C9H16N2O. The zero-order valence-electron chi connectivity index (χ0n) is 7.91. The van der Waals surface area contributed by atoms with Crippen molar-refractivity contribution in [3.05, 3.63) is 11.9 Å². The van der Waals surface area contributed by atoms with Crippen LogP contribution in [-0.4, -0.2) is 14.9 Å². The van der Waals surface area contributed by atoms with E-state index in [-0.39, 0.29) is 0 Å². The van der Waals surface area contributed by atoms with Gasteiger partial charge in [0.15, 0.2) is 5.75 Å². The SMILES string of the molecule is CCCn1ncc(O)c1C(C)C. The van der Waals surface area contributed by atoms with Gasteiger partial charge < -0.3 is 5.11 Å². The van der Waals surface area contributed by atoms with Crippen LogP contribution in [0.5, 0.6) is 5.75 Å². The van der Waals surface area contributed by atoms with Gasteiger partial charge in [0.25, 0.3) is 0 Å². The van der Waals surface area contributed by atoms with E-state index in [0.717, 1.165) is 18.7 Å². The normalized spacial score (nSPS) is 11.0. The van der Waals surface area contributed by atoms with Gasteiger partial charge in [-0.25, -0.2) is 0 Å². The Labute approximate surface area is 73.0 Å². The maximum atomic E-state index is 9.45. The molecule has 0 bridgehead atoms. The van der Waals surface area contributed by atoms with Gasteiger partial charge in [-0.3, -0.25) is 4.68 Å². The maximum absolute atomic E-state index is 9.45. The minimum absolute atomic E-state index is 0.318. The number of aromatic nitrogens is 2. The van der Waals surface area contributed by atoms with Crippen molar-refractivity contribution in [2.45, 2.75) is 39.7 Å². The molecule has 0 aromatic carbocycles. The standard InChI is InChI=1S/C9H16N2O/c1-4-5-11-9(7(2)3)8(12)6-10-11/h6-7,12H,4-5H2,1-3H3. The van der Waals surface area contributed by atoms with Crippen molar-refractivity contribution < 1.29 is 5.11 Å². The fraction of sp³-hybridized carbons (Fsp3) is 0.667. The highest BCUT2D eigenvalue weighted by atomic mass is 16.3. The van der Waals surface area contributed by atoms with Gasteiger partial charge in [0.05, 0.1) is 11.9 Å². The summed E-state index contributed by atoms with van der Waals surface area (Å²) in [6.45, 7) is 7.10. The molecule has 1 heterocycles. The maximum Gasteiger partial charge on any atom is 0.157 e. The summed E-state index contributed by atoms with van der Waals surface area (Å²) < 4.78 is 1.88. The van der Waals surface area contributed by atoms with E-state index in [1.54, 1.807) is 0 Å². The summed E-state index contributed by atoms with van der Waals surface area (Å²) in [6, 6.07) is 0. The van der Waals surface area contributed by atoms with E-state index >= 15 is 0 Å². The topological polar surface area (TPSA) is 38.0 Å². The van der Waals surface area contributed by atoms with E-state index in [9.17, 15) is 5.11 Å². The van der Waals surface area contributed by atoms with Gasteiger partial charge in [-0.15, -0.1) is 0 Å². The van der Waals surface area contributed by atoms with Gasteiger partial charge in [0.2, 0.25) is 0 Å². The molecule has 0 fully saturated rings. The molecule has 0 aliphatic carbocycles. The third-order valence-corrected chi connectivity index (χ3v) is 1.84. The van der Waals surface area contributed by atoms with Gasteiger partial charge in [-0.1, -0.05) is 20.8 Å². The summed E-state index contributed by atoms with van der Waals surface area (Å²) in [4.78, 5) is 0. The van der Waals surface area contributed by atoms with Crippen LogP contribution in [0.1, 0.15) is 38.8 Å². The summed E-state index contributed by atoms with van der Waals surface area (Å²) >= 11 is 0. The summed E-state index contributed by atoms with van der Waals surface area (Å²) in [5, 5.41) is 13.5. The van der Waals surface area contributed by atoms with Crippen LogP contribution in [0, 0.1) is 0 Å². The van der Waals surface area contributed by atoms with E-state index in [4.69, 9.17) is 0 Å². The Morgan fingerprint density at radius 2 is 2.25 bits per heavy atom. The van der Waals surface area contributed by atoms with Gasteiger partial charge in [0, 0.05) is 6.54 Å². The fourth-order valence-electron chi connectivity index (χ4n) is 1.37. The van der Waals surface area contributed by atoms with Crippen molar-refractivity contribution in [2.75, 3.05) is 0 Å². The minimum atomic E-state index is 0.318. The fourth-order valence-corrected chi connectivity index (χ4v) is 1.37. The van der Waals surface area contributed by atoms with E-state index in [1.807, 2.05) is 4.68 Å². The van der Waals surface area contributed by atoms with Crippen LogP contribution in [0.2, 0.25) is 0 Å². The monoisotopic (exact) mass is 168 g/mol. The van der Waals surface area contributed by atoms with Crippen molar-refractivity contribution in [3.63, 3.8) is 0 Å². The van der Waals surface area contributed by atoms with Crippen LogP contribution in [0.15, 0.2) is 6.20 Å². The molecule has 0 spiro atoms. The average molecular weight is 168 g/mol. The molecule has 1 aromatic heterocycles. The summed E-state index contributed by atoms with van der Waals surface area (Å²) in [7, 11) is 0. The Morgan fingerprint density at radius 1 is 1.58 bits per heavy atom. The number of hydrogen-bond donors (Lipinski definition) is 1. The Morgan fingerprint density at radius 3 is 2.75 bits per heavy atom. The molecule has 0 radical (unpaired) electrons. The Balaban J connectivity index is 2.95. The molecule has 0 amide bonds. The lowest BCUT2D eigenvalue weighted by Crippen LogP contribution is -2.05. The summed E-state index contributed by atoms with van der Waals surface area (Å²) in [6.07, 6.45) is 2.56. The molecule has 0 saturated carbocycles. The molecule has 3 nitrogen and oxygen atoms in total. The van der Waals surface area contributed by atoms with Crippen LogP contribution in [-0.2, 0) is 6.54 Å². The summed E-state index contributed by atoms with van der Waals surface area (Å²) in [5.41, 5.74) is 0.942. The van der Waals surface area contributed by atoms with E-state index in [2.05, 4.69) is 25.9 Å². The molecule has 0 aliphatic rings. The molecule has 0 aliphatic heterocycles. The van der Waals surface area contributed by atoms with Crippen LogP contribution in [0.25, 0.3) is 0 Å². The number of aryl methyl sites for hydroxylation is 1. The van der Waals surface area contributed by atoms with Crippen LogP contribution < -0.4 is 0 Å². The highest BCUT2D eigenvalue weighted by Gasteiger charge is 2.12. The minimum Gasteiger partial charge on any atom is -0.504 e. The molecule has 1 rings (SSSR count). The van der Waals surface area contributed by atoms with Crippen molar-refractivity contribution in [3.8, 4) is 5.75 Å². The molecule has 0 unspecified atom stereocenters. The Hall–Kier alpha value is -0.990. The molecule has 68 valence electrons. The molecule has 0 atom stereocenters. The van der Waals surface area contributed by atoms with Gasteiger partial charge in [0.1, 0.15) is 0 Å². The molecule has 1 N–H and O–H groups in total. The van der Waals surface area contributed by atoms with Gasteiger partial charge >= 0.3 is 0 Å². The van der Waals surface area contributed by atoms with Crippen LogP contribution in [0.4, 0.5) is 0 Å². The first-order valence-corrected chi connectivity index (χ1v) is 4.41. The molecular weight excluding hydrogens is 152 g/mol. The number of aromatic hydroxyl groups is 1. The second-order valence-corrected chi connectivity index (χ2v) is 3.29. The second kappa shape index (κ2) is 3.61. The number of hydrogen-bond acceptors (Lipinski definition) is 2. The molecule has 0 saturated heterocycles. The highest BCUT2D eigenvalue weighted by Crippen LogP contribution is 2.24. The second-order valence-electron chi connectivity index (χ2n) is 3.29. The van der Waals surface area contributed by atoms with Crippen LogP contribution in [0.3, 0.4) is 0 Å². The predicted molar refractivity (Wildman–Crippen MR) is 48.3 cm³/mol. The number of rotatable bonds is 3. The average Bonchev–Trinajstić information content (AvgIpc) is 2.32. The lowest BCUT2D eigenvalue weighted by molar-refractivity contribution is 0.456. The first-order valence-electron chi connectivity index (χ1n) is 4.41. The third kappa shape index (κ3) is 1.60. The number of nitrogens with zero attached hydrogens (tertiary/aromatic N) is 2. The smallest absolute Gasteiger partial charge is 0.157 e. The van der Waals surface area contributed by atoms with Crippen molar-refractivity contribution in [1.29, 1.82) is 0 Å². The van der Waals surface area contributed by atoms with Gasteiger partial charge in [-0.2, -0.15) is 5.10 Å². The van der Waals surface area contributed by atoms with Crippen molar-refractivity contribution >= 4 is 0 Å². The molecule has 12 heavy (non-hydrogen) atoms. The zero-order valence-corrected chi connectivity index (χ0v) is 7.91. The third-order valence-electron chi connectivity index (χ3n) is 1.84. The van der Waals surface area contributed by atoms with Gasteiger partial charge in [-0.05, 0) is 12.3 Å². The lowest BCUT2D eigenvalue weighted by atomic mass is 10.1. The zero-order chi connectivity index (χ0) is 9.14. The van der Waals surface area contributed by atoms with E-state index in [1.165, 1.54) is 6.20 Å². The molecule has 1 aromatic rings. The Bertz CT molecular complexity index is 253. The largest absolute Gasteiger partial charge is 0.504 e. The first kappa shape index (κ1) is 9.10.